The van der Waals surface area contributed by atoms with E-state index in [0.717, 1.165) is 23.4 Å². The molecule has 1 unspecified atom stereocenters. The van der Waals surface area contributed by atoms with E-state index >= 15 is 0 Å². The van der Waals surface area contributed by atoms with Crippen LogP contribution < -0.4 is 15.8 Å². The molecule has 2 aromatic carbocycles. The molecule has 4 nitrogen and oxygen atoms in total. The van der Waals surface area contributed by atoms with Gasteiger partial charge in [-0.2, -0.15) is 0 Å². The van der Waals surface area contributed by atoms with Gasteiger partial charge in [-0.3, -0.25) is 0 Å². The first-order valence-corrected chi connectivity index (χ1v) is 9.27. The van der Waals surface area contributed by atoms with E-state index in [1.807, 2.05) is 19.1 Å². The van der Waals surface area contributed by atoms with Gasteiger partial charge in [-0.15, -0.1) is 0 Å². The Labute approximate surface area is 158 Å². The Kier molecular flexibility index (Phi) is 3.94. The third-order valence-electron chi connectivity index (χ3n) is 5.23. The van der Waals surface area contributed by atoms with Crippen LogP contribution in [-0.4, -0.2) is 11.5 Å². The average molecular weight is 370 g/mol. The zero-order valence-corrected chi connectivity index (χ0v) is 16.3. The van der Waals surface area contributed by atoms with Gasteiger partial charge < -0.3 is 20.8 Å². The summed E-state index contributed by atoms with van der Waals surface area (Å²) in [6, 6.07) is 10.1. The summed E-state index contributed by atoms with van der Waals surface area (Å²) in [4.78, 5) is 3.58. The molecule has 0 saturated heterocycles. The predicted octanol–water partition coefficient (Wildman–Crippen LogP) is 5.45. The Morgan fingerprint density at radius 1 is 1.23 bits per heavy atom. The average Bonchev–Trinajstić information content (AvgIpc) is 2.95. The summed E-state index contributed by atoms with van der Waals surface area (Å²) >= 11 is 6.34. The molecule has 0 fully saturated rings. The van der Waals surface area contributed by atoms with Gasteiger partial charge in [-0.25, -0.2) is 0 Å². The number of aryl methyl sites for hydroxylation is 1. The quantitative estimate of drug-likeness (QED) is 0.526. The second kappa shape index (κ2) is 5.93. The molecule has 0 radical (unpaired) electrons. The zero-order chi connectivity index (χ0) is 18.6. The van der Waals surface area contributed by atoms with E-state index in [9.17, 15) is 0 Å². The number of nitrogens with two attached hydrogens (primary N) is 1. The molecule has 0 bridgehead atoms. The smallest absolute Gasteiger partial charge is 0.149 e. The van der Waals surface area contributed by atoms with Crippen LogP contribution >= 0.6 is 11.6 Å². The second-order valence-electron chi connectivity index (χ2n) is 7.86. The van der Waals surface area contributed by atoms with E-state index in [1.165, 1.54) is 16.6 Å². The van der Waals surface area contributed by atoms with Crippen molar-refractivity contribution in [3.8, 4) is 11.5 Å². The molecular weight excluding hydrogens is 346 g/mol. The fourth-order valence-corrected chi connectivity index (χ4v) is 4.23. The molecule has 26 heavy (non-hydrogen) atoms. The fraction of sp³-hybridized carbons (Fsp3) is 0.333. The number of benzene rings is 2. The second-order valence-corrected chi connectivity index (χ2v) is 8.27. The molecule has 4 N–H and O–H groups in total. The number of nitrogens with one attached hydrogen (secondary N) is 2. The minimum Gasteiger partial charge on any atom is -0.456 e. The van der Waals surface area contributed by atoms with Crippen molar-refractivity contribution < 1.29 is 4.74 Å². The van der Waals surface area contributed by atoms with Gasteiger partial charge in [-0.05, 0) is 55.3 Å². The molecular formula is C21H24ClN3O. The Morgan fingerprint density at radius 3 is 2.73 bits per heavy atom. The molecule has 0 spiro atoms. The summed E-state index contributed by atoms with van der Waals surface area (Å²) in [5.41, 5.74) is 11.2. The van der Waals surface area contributed by atoms with Crippen LogP contribution in [0.25, 0.3) is 10.9 Å². The van der Waals surface area contributed by atoms with E-state index in [0.29, 0.717) is 22.5 Å². The Hall–Kier alpha value is -2.17. The number of ether oxygens (including phenoxy) is 1. The molecule has 1 aromatic heterocycles. The van der Waals surface area contributed by atoms with Gasteiger partial charge in [0.25, 0.3) is 0 Å². The highest BCUT2D eigenvalue weighted by Gasteiger charge is 2.34. The Balaban J connectivity index is 1.82. The van der Waals surface area contributed by atoms with Gasteiger partial charge in [0.05, 0.1) is 5.02 Å². The van der Waals surface area contributed by atoms with Gasteiger partial charge in [0.1, 0.15) is 11.5 Å². The van der Waals surface area contributed by atoms with Crippen LogP contribution in [0.3, 0.4) is 0 Å². The maximum absolute atomic E-state index is 6.34. The molecule has 1 atom stereocenters. The minimum absolute atomic E-state index is 0.0491. The van der Waals surface area contributed by atoms with Crippen molar-refractivity contribution in [1.29, 1.82) is 0 Å². The molecule has 1 aliphatic rings. The van der Waals surface area contributed by atoms with Crippen LogP contribution in [0.5, 0.6) is 11.5 Å². The van der Waals surface area contributed by atoms with Crippen molar-refractivity contribution in [3.05, 3.63) is 52.2 Å². The largest absolute Gasteiger partial charge is 0.456 e. The summed E-state index contributed by atoms with van der Waals surface area (Å²) in [7, 11) is 0. The normalized spacial score (nSPS) is 18.7. The maximum Gasteiger partial charge on any atom is 0.149 e. The van der Waals surface area contributed by atoms with Crippen LogP contribution in [0.2, 0.25) is 5.02 Å². The maximum atomic E-state index is 6.34. The van der Waals surface area contributed by atoms with Crippen LogP contribution in [0.15, 0.2) is 30.3 Å². The standard InChI is InChI=1S/C21H24ClN3O/c1-11-7-13(23)8-16(22)20(11)26-14-5-6-17-15(9-14)18-19(25-17)12(2)24-10-21(18,3)4/h5-9,12,24-25H,10,23H2,1-4H3. The first-order valence-electron chi connectivity index (χ1n) is 8.89. The lowest BCUT2D eigenvalue weighted by Crippen LogP contribution is -2.40. The highest BCUT2D eigenvalue weighted by atomic mass is 35.5. The van der Waals surface area contributed by atoms with Crippen LogP contribution in [0, 0.1) is 6.92 Å². The number of aromatic amines is 1. The molecule has 3 aromatic rings. The number of rotatable bonds is 2. The first kappa shape index (κ1) is 17.3. The molecule has 0 saturated carbocycles. The third kappa shape index (κ3) is 2.74. The number of hydrogen-bond donors (Lipinski definition) is 3. The van der Waals surface area contributed by atoms with Gasteiger partial charge in [-0.1, -0.05) is 25.4 Å². The topological polar surface area (TPSA) is 63.1 Å². The molecule has 136 valence electrons. The predicted molar refractivity (Wildman–Crippen MR) is 108 cm³/mol. The summed E-state index contributed by atoms with van der Waals surface area (Å²) in [5.74, 6) is 1.43. The SMILES string of the molecule is Cc1cc(N)cc(Cl)c1Oc1ccc2[nH]c3c(c2c1)C(C)(C)CNC3C. The minimum atomic E-state index is 0.0491. The van der Waals surface area contributed by atoms with Crippen LogP contribution in [0.1, 0.15) is 43.6 Å². The van der Waals surface area contributed by atoms with Crippen LogP contribution in [0.4, 0.5) is 5.69 Å². The number of fused-ring (bicyclic) bond motifs is 3. The molecule has 2 heterocycles. The van der Waals surface area contributed by atoms with Gasteiger partial charge in [0, 0.05) is 40.3 Å². The van der Waals surface area contributed by atoms with E-state index in [2.05, 4.69) is 43.2 Å². The van der Waals surface area contributed by atoms with Gasteiger partial charge >= 0.3 is 0 Å². The lowest BCUT2D eigenvalue weighted by molar-refractivity contribution is 0.394. The Morgan fingerprint density at radius 2 is 2.00 bits per heavy atom. The molecule has 0 amide bonds. The van der Waals surface area contributed by atoms with Crippen molar-refractivity contribution >= 4 is 28.2 Å². The number of nitrogen functional groups attached to an aromatic ring is 1. The highest BCUT2D eigenvalue weighted by Crippen LogP contribution is 2.42. The zero-order valence-electron chi connectivity index (χ0n) is 15.5. The number of hydrogen-bond acceptors (Lipinski definition) is 3. The van der Waals surface area contributed by atoms with Crippen molar-refractivity contribution in [3.63, 3.8) is 0 Å². The lowest BCUT2D eigenvalue weighted by atomic mass is 9.78. The van der Waals surface area contributed by atoms with Crippen molar-refractivity contribution in [1.82, 2.24) is 10.3 Å². The first-order chi connectivity index (χ1) is 12.3. The molecule has 4 rings (SSSR count). The summed E-state index contributed by atoms with van der Waals surface area (Å²) in [5, 5.41) is 5.31. The highest BCUT2D eigenvalue weighted by molar-refractivity contribution is 6.32. The van der Waals surface area contributed by atoms with Gasteiger partial charge in [0.15, 0.2) is 0 Å². The number of aromatic nitrogens is 1. The van der Waals surface area contributed by atoms with Crippen molar-refractivity contribution in [2.24, 2.45) is 0 Å². The van der Waals surface area contributed by atoms with E-state index < -0.39 is 0 Å². The van der Waals surface area contributed by atoms with Gasteiger partial charge in [0.2, 0.25) is 0 Å². The number of anilines is 1. The summed E-state index contributed by atoms with van der Waals surface area (Å²) in [6.45, 7) is 9.63. The fourth-order valence-electron chi connectivity index (χ4n) is 3.91. The molecule has 1 aliphatic heterocycles. The molecule has 0 aliphatic carbocycles. The molecule has 5 heteroatoms. The lowest BCUT2D eigenvalue weighted by Gasteiger charge is -2.34. The summed E-state index contributed by atoms with van der Waals surface area (Å²) in [6.07, 6.45) is 0. The summed E-state index contributed by atoms with van der Waals surface area (Å²) < 4.78 is 6.14. The van der Waals surface area contributed by atoms with E-state index in [1.54, 1.807) is 6.07 Å². The van der Waals surface area contributed by atoms with Crippen molar-refractivity contribution in [2.75, 3.05) is 12.3 Å². The monoisotopic (exact) mass is 369 g/mol. The van der Waals surface area contributed by atoms with E-state index in [-0.39, 0.29) is 5.41 Å². The van der Waals surface area contributed by atoms with Crippen LogP contribution in [-0.2, 0) is 5.41 Å². The van der Waals surface area contributed by atoms with E-state index in [4.69, 9.17) is 22.1 Å². The third-order valence-corrected chi connectivity index (χ3v) is 5.51. The Bertz CT molecular complexity index is 983. The number of halogens is 1. The number of H-pyrrole nitrogens is 1. The van der Waals surface area contributed by atoms with Crippen molar-refractivity contribution in [2.45, 2.75) is 39.2 Å².